The summed E-state index contributed by atoms with van der Waals surface area (Å²) in [5.74, 6) is 0. The van der Waals surface area contributed by atoms with Gasteiger partial charge in [0.25, 0.3) is 0 Å². The van der Waals surface area contributed by atoms with Crippen LogP contribution < -0.4 is 10.0 Å². The summed E-state index contributed by atoms with van der Waals surface area (Å²) in [4.78, 5) is -0.368. The van der Waals surface area contributed by atoms with E-state index in [0.29, 0.717) is 12.6 Å². The van der Waals surface area contributed by atoms with Gasteiger partial charge in [-0.1, -0.05) is 6.92 Å². The molecule has 0 bridgehead atoms. The van der Waals surface area contributed by atoms with Gasteiger partial charge in [0.05, 0.1) is 22.1 Å². The zero-order valence-corrected chi connectivity index (χ0v) is 13.9. The number of hydrogen-bond donors (Lipinski definition) is 2. The van der Waals surface area contributed by atoms with E-state index in [2.05, 4.69) is 10.0 Å². The quantitative estimate of drug-likeness (QED) is 0.720. The summed E-state index contributed by atoms with van der Waals surface area (Å²) < 4.78 is 64.2. The molecule has 0 atom stereocenters. The molecule has 1 aromatic carbocycles. The van der Waals surface area contributed by atoms with Gasteiger partial charge in [0, 0.05) is 13.1 Å². The monoisotopic (exact) mass is 371 g/mol. The van der Waals surface area contributed by atoms with E-state index in [1.54, 1.807) is 0 Å². The Labute approximate surface area is 139 Å². The van der Waals surface area contributed by atoms with E-state index in [1.807, 2.05) is 6.92 Å². The fraction of sp³-hybridized carbons (Fsp3) is 0.462. The lowest BCUT2D eigenvalue weighted by Gasteiger charge is -2.11. The Morgan fingerprint density at radius 2 is 1.87 bits per heavy atom. The lowest BCUT2D eigenvalue weighted by molar-refractivity contribution is -0.137. The first-order chi connectivity index (χ1) is 10.2. The number of benzene rings is 1. The largest absolute Gasteiger partial charge is 0.417 e. The zero-order chi connectivity index (χ0) is 16.8. The van der Waals surface area contributed by atoms with Crippen molar-refractivity contribution in [3.05, 3.63) is 29.3 Å². The summed E-state index contributed by atoms with van der Waals surface area (Å²) >= 11 is 0. The summed E-state index contributed by atoms with van der Waals surface area (Å²) in [6, 6.07) is 3.54. The molecule has 0 amide bonds. The first kappa shape index (κ1) is 21.7. The highest BCUT2D eigenvalue weighted by Crippen LogP contribution is 2.32. The molecule has 10 heteroatoms. The SMILES string of the molecule is CCCNCCNS(=O)(=O)c1ccc(C(F)(F)F)c(C#N)c1.Cl. The third-order valence-electron chi connectivity index (χ3n) is 2.75. The number of halogens is 4. The number of nitrogens with one attached hydrogen (secondary N) is 2. The van der Waals surface area contributed by atoms with Crippen LogP contribution in [0.3, 0.4) is 0 Å². The van der Waals surface area contributed by atoms with Crippen LogP contribution in [0.25, 0.3) is 0 Å². The molecular weight excluding hydrogens is 355 g/mol. The fourth-order valence-electron chi connectivity index (χ4n) is 1.69. The van der Waals surface area contributed by atoms with Gasteiger partial charge in [-0.15, -0.1) is 12.4 Å². The van der Waals surface area contributed by atoms with Crippen LogP contribution in [0.2, 0.25) is 0 Å². The lowest BCUT2D eigenvalue weighted by atomic mass is 10.1. The van der Waals surface area contributed by atoms with E-state index >= 15 is 0 Å². The Morgan fingerprint density at radius 3 is 2.39 bits per heavy atom. The van der Waals surface area contributed by atoms with E-state index < -0.39 is 27.3 Å². The Balaban J connectivity index is 0.00000484. The van der Waals surface area contributed by atoms with E-state index in [1.165, 1.54) is 6.07 Å². The molecule has 130 valence electrons. The highest BCUT2D eigenvalue weighted by atomic mass is 35.5. The molecule has 23 heavy (non-hydrogen) atoms. The van der Waals surface area contributed by atoms with Gasteiger partial charge in [-0.3, -0.25) is 0 Å². The summed E-state index contributed by atoms with van der Waals surface area (Å²) in [5.41, 5.74) is -1.88. The Morgan fingerprint density at radius 1 is 1.22 bits per heavy atom. The minimum Gasteiger partial charge on any atom is -0.315 e. The second-order valence-electron chi connectivity index (χ2n) is 4.46. The summed E-state index contributed by atoms with van der Waals surface area (Å²) in [6.07, 6.45) is -3.80. The van der Waals surface area contributed by atoms with Crippen LogP contribution in [-0.4, -0.2) is 28.1 Å². The van der Waals surface area contributed by atoms with E-state index in [0.717, 1.165) is 25.1 Å². The van der Waals surface area contributed by atoms with E-state index in [-0.39, 0.29) is 23.8 Å². The summed E-state index contributed by atoms with van der Waals surface area (Å²) in [5, 5.41) is 11.8. The van der Waals surface area contributed by atoms with Crippen molar-refractivity contribution < 1.29 is 21.6 Å². The third kappa shape index (κ3) is 6.35. The van der Waals surface area contributed by atoms with Crippen molar-refractivity contribution in [3.8, 4) is 6.07 Å². The van der Waals surface area contributed by atoms with Crippen molar-refractivity contribution in [1.29, 1.82) is 5.26 Å². The van der Waals surface area contributed by atoms with Crippen LogP contribution in [0, 0.1) is 11.3 Å². The highest BCUT2D eigenvalue weighted by molar-refractivity contribution is 7.89. The molecule has 1 rings (SSSR count). The standard InChI is InChI=1S/C13H16F3N3O2S.ClH/c1-2-5-18-6-7-19-22(20,21)11-3-4-12(13(14,15)16)10(8-11)9-17;/h3-4,8,18-19H,2,5-7H2,1H3;1H. The van der Waals surface area contributed by atoms with Gasteiger partial charge in [-0.2, -0.15) is 18.4 Å². The number of alkyl halides is 3. The zero-order valence-electron chi connectivity index (χ0n) is 12.3. The van der Waals surface area contributed by atoms with Gasteiger partial charge >= 0.3 is 6.18 Å². The average molecular weight is 372 g/mol. The fourth-order valence-corrected chi connectivity index (χ4v) is 2.75. The van der Waals surface area contributed by atoms with Crippen LogP contribution in [0.15, 0.2) is 23.1 Å². The Kier molecular flexibility index (Phi) is 8.55. The molecule has 0 fully saturated rings. The molecule has 0 aromatic heterocycles. The number of nitriles is 1. The molecule has 0 aliphatic carbocycles. The molecule has 0 saturated heterocycles. The van der Waals surface area contributed by atoms with Gasteiger partial charge in [0.2, 0.25) is 10.0 Å². The molecule has 0 spiro atoms. The average Bonchev–Trinajstić information content (AvgIpc) is 2.45. The predicted octanol–water partition coefficient (Wildman–Crippen LogP) is 2.28. The normalized spacial score (nSPS) is 11.6. The summed E-state index contributed by atoms with van der Waals surface area (Å²) in [6.45, 7) is 3.20. The smallest absolute Gasteiger partial charge is 0.315 e. The molecule has 0 aliphatic rings. The van der Waals surface area contributed by atoms with Gasteiger partial charge in [-0.25, -0.2) is 13.1 Å². The Bertz CT molecular complexity index is 657. The van der Waals surface area contributed by atoms with Crippen molar-refractivity contribution in [2.45, 2.75) is 24.4 Å². The van der Waals surface area contributed by atoms with Crippen LogP contribution in [0.5, 0.6) is 0 Å². The van der Waals surface area contributed by atoms with Crippen molar-refractivity contribution in [1.82, 2.24) is 10.0 Å². The van der Waals surface area contributed by atoms with Gasteiger partial charge in [0.15, 0.2) is 0 Å². The second kappa shape index (κ2) is 9.08. The number of hydrogen-bond acceptors (Lipinski definition) is 4. The molecular formula is C13H17ClF3N3O2S. The van der Waals surface area contributed by atoms with Gasteiger partial charge < -0.3 is 5.32 Å². The van der Waals surface area contributed by atoms with Crippen LogP contribution >= 0.6 is 12.4 Å². The molecule has 0 saturated carbocycles. The minimum absolute atomic E-state index is 0. The lowest BCUT2D eigenvalue weighted by Crippen LogP contribution is -2.32. The predicted molar refractivity (Wildman–Crippen MR) is 81.8 cm³/mol. The van der Waals surface area contributed by atoms with Crippen LogP contribution in [0.1, 0.15) is 24.5 Å². The van der Waals surface area contributed by atoms with Crippen LogP contribution in [0.4, 0.5) is 13.2 Å². The molecule has 2 N–H and O–H groups in total. The first-order valence-electron chi connectivity index (χ1n) is 6.54. The molecule has 0 heterocycles. The van der Waals surface area contributed by atoms with E-state index in [9.17, 15) is 21.6 Å². The topological polar surface area (TPSA) is 82.0 Å². The maximum Gasteiger partial charge on any atom is 0.417 e. The van der Waals surface area contributed by atoms with E-state index in [4.69, 9.17) is 5.26 Å². The number of nitrogens with zero attached hydrogens (tertiary/aromatic N) is 1. The second-order valence-corrected chi connectivity index (χ2v) is 6.23. The molecule has 5 nitrogen and oxygen atoms in total. The van der Waals surface area contributed by atoms with Crippen molar-refractivity contribution >= 4 is 22.4 Å². The maximum absolute atomic E-state index is 12.7. The number of rotatable bonds is 7. The van der Waals surface area contributed by atoms with Gasteiger partial charge in [-0.05, 0) is 31.2 Å². The van der Waals surface area contributed by atoms with Gasteiger partial charge in [0.1, 0.15) is 0 Å². The number of sulfonamides is 1. The maximum atomic E-state index is 12.7. The minimum atomic E-state index is -4.70. The summed E-state index contributed by atoms with van der Waals surface area (Å²) in [7, 11) is -3.95. The highest BCUT2D eigenvalue weighted by Gasteiger charge is 2.34. The molecule has 0 unspecified atom stereocenters. The van der Waals surface area contributed by atoms with Crippen molar-refractivity contribution in [3.63, 3.8) is 0 Å². The molecule has 1 aromatic rings. The van der Waals surface area contributed by atoms with Crippen molar-refractivity contribution in [2.24, 2.45) is 0 Å². The Hall–Kier alpha value is -1.34. The van der Waals surface area contributed by atoms with Crippen LogP contribution in [-0.2, 0) is 16.2 Å². The molecule has 0 radical (unpaired) electrons. The first-order valence-corrected chi connectivity index (χ1v) is 8.02. The molecule has 0 aliphatic heterocycles. The third-order valence-corrected chi connectivity index (χ3v) is 4.21. The van der Waals surface area contributed by atoms with Crippen molar-refractivity contribution in [2.75, 3.05) is 19.6 Å².